The Morgan fingerprint density at radius 2 is 2.40 bits per heavy atom. The number of aryl methyl sites for hydroxylation is 1. The number of rotatable bonds is 6. The van der Waals surface area contributed by atoms with Gasteiger partial charge in [0, 0.05) is 20.4 Å². The largest absolute Gasteiger partial charge is 0.381 e. The van der Waals surface area contributed by atoms with Gasteiger partial charge in [0.25, 0.3) is 0 Å². The molecule has 1 aromatic rings. The lowest BCUT2D eigenvalue weighted by molar-refractivity contribution is -0.0464. The molecule has 1 aromatic heterocycles. The van der Waals surface area contributed by atoms with Gasteiger partial charge in [-0.25, -0.2) is 0 Å². The summed E-state index contributed by atoms with van der Waals surface area (Å²) in [5.41, 5.74) is 5.06. The second kappa shape index (κ2) is 5.25. The number of ether oxygens (including phenoxy) is 1. The second-order valence-corrected chi connectivity index (χ2v) is 3.73. The van der Waals surface area contributed by atoms with Gasteiger partial charge in [0.15, 0.2) is 0 Å². The molecule has 0 saturated heterocycles. The summed E-state index contributed by atoms with van der Waals surface area (Å²) in [5, 5.41) is 14.6. The molecule has 0 fully saturated rings. The van der Waals surface area contributed by atoms with Crippen LogP contribution in [-0.4, -0.2) is 35.1 Å². The first-order valence-electron chi connectivity index (χ1n) is 5.04. The van der Waals surface area contributed by atoms with Crippen LogP contribution in [0.1, 0.15) is 18.5 Å². The van der Waals surface area contributed by atoms with Gasteiger partial charge in [-0.2, -0.15) is 5.10 Å². The predicted molar refractivity (Wildman–Crippen MR) is 57.3 cm³/mol. The summed E-state index contributed by atoms with van der Waals surface area (Å²) in [6.45, 7) is 0.795. The molecule has 1 rings (SSSR count). The fraction of sp³-hybridized carbons (Fsp3) is 0.700. The molecular formula is C10H19N3O2. The van der Waals surface area contributed by atoms with Crippen LogP contribution in [0.2, 0.25) is 0 Å². The second-order valence-electron chi connectivity index (χ2n) is 3.73. The van der Waals surface area contributed by atoms with Crippen LogP contribution in [-0.2, 0) is 17.4 Å². The van der Waals surface area contributed by atoms with E-state index in [0.29, 0.717) is 18.7 Å². The molecule has 86 valence electrons. The summed E-state index contributed by atoms with van der Waals surface area (Å²) in [6, 6.07) is 1.80. The number of aliphatic hydroxyl groups is 1. The fourth-order valence-corrected chi connectivity index (χ4v) is 1.57. The highest BCUT2D eigenvalue weighted by atomic mass is 16.5. The van der Waals surface area contributed by atoms with Crippen LogP contribution in [0.25, 0.3) is 0 Å². The maximum atomic E-state index is 10.4. The first kappa shape index (κ1) is 12.2. The van der Waals surface area contributed by atoms with Gasteiger partial charge in [-0.15, -0.1) is 0 Å². The number of nitrogens with zero attached hydrogens (tertiary/aromatic N) is 2. The minimum Gasteiger partial charge on any atom is -0.381 e. The Morgan fingerprint density at radius 3 is 2.87 bits per heavy atom. The fourth-order valence-electron chi connectivity index (χ4n) is 1.57. The van der Waals surface area contributed by atoms with E-state index in [2.05, 4.69) is 5.10 Å². The minimum atomic E-state index is -1.02. The van der Waals surface area contributed by atoms with Crippen molar-refractivity contribution in [1.82, 2.24) is 9.78 Å². The van der Waals surface area contributed by atoms with E-state index < -0.39 is 5.60 Å². The number of aromatic nitrogens is 2. The van der Waals surface area contributed by atoms with Crippen LogP contribution >= 0.6 is 0 Å². The Balaban J connectivity index is 2.79. The lowest BCUT2D eigenvalue weighted by Gasteiger charge is -2.25. The third kappa shape index (κ3) is 3.02. The maximum absolute atomic E-state index is 10.4. The molecule has 0 aromatic carbocycles. The molecule has 0 spiro atoms. The van der Waals surface area contributed by atoms with E-state index in [1.54, 1.807) is 24.1 Å². The van der Waals surface area contributed by atoms with Crippen molar-refractivity contribution in [2.45, 2.75) is 18.4 Å². The highest BCUT2D eigenvalue weighted by Crippen LogP contribution is 2.24. The summed E-state index contributed by atoms with van der Waals surface area (Å²) in [4.78, 5) is 0. The first-order valence-corrected chi connectivity index (χ1v) is 5.04. The van der Waals surface area contributed by atoms with Crippen molar-refractivity contribution in [3.05, 3.63) is 18.0 Å². The van der Waals surface area contributed by atoms with E-state index in [-0.39, 0.29) is 6.61 Å². The zero-order valence-corrected chi connectivity index (χ0v) is 9.31. The van der Waals surface area contributed by atoms with Gasteiger partial charge in [0.2, 0.25) is 0 Å². The standard InChI is InChI=1S/C10H19N3O2/c1-13-7-4-9(12-13)10(14,8-15-2)5-3-6-11/h4,7,14H,3,5-6,8,11H2,1-2H3. The summed E-state index contributed by atoms with van der Waals surface area (Å²) in [7, 11) is 3.38. The van der Waals surface area contributed by atoms with E-state index >= 15 is 0 Å². The van der Waals surface area contributed by atoms with Gasteiger partial charge < -0.3 is 15.6 Å². The molecule has 0 radical (unpaired) electrons. The number of hydrogen-bond donors (Lipinski definition) is 2. The zero-order valence-electron chi connectivity index (χ0n) is 9.31. The van der Waals surface area contributed by atoms with E-state index in [9.17, 15) is 5.11 Å². The average molecular weight is 213 g/mol. The van der Waals surface area contributed by atoms with Gasteiger partial charge in [-0.1, -0.05) is 0 Å². The molecule has 5 nitrogen and oxygen atoms in total. The van der Waals surface area contributed by atoms with E-state index in [1.807, 2.05) is 7.05 Å². The number of methoxy groups -OCH3 is 1. The van der Waals surface area contributed by atoms with Gasteiger partial charge in [-0.05, 0) is 25.5 Å². The molecule has 0 saturated carbocycles. The van der Waals surface area contributed by atoms with Crippen LogP contribution in [0.5, 0.6) is 0 Å². The normalized spacial score (nSPS) is 15.2. The first-order chi connectivity index (χ1) is 7.12. The Kier molecular flexibility index (Phi) is 4.26. The molecule has 3 N–H and O–H groups in total. The molecule has 1 unspecified atom stereocenters. The SMILES string of the molecule is COCC(O)(CCCN)c1ccn(C)n1. The van der Waals surface area contributed by atoms with Crippen molar-refractivity contribution in [3.8, 4) is 0 Å². The van der Waals surface area contributed by atoms with Crippen molar-refractivity contribution >= 4 is 0 Å². The van der Waals surface area contributed by atoms with Gasteiger partial charge >= 0.3 is 0 Å². The van der Waals surface area contributed by atoms with Crippen LogP contribution in [0.3, 0.4) is 0 Å². The van der Waals surface area contributed by atoms with Crippen molar-refractivity contribution in [2.75, 3.05) is 20.3 Å². The lowest BCUT2D eigenvalue weighted by Crippen LogP contribution is -2.32. The van der Waals surface area contributed by atoms with Gasteiger partial charge in [0.05, 0.1) is 12.3 Å². The third-order valence-corrected chi connectivity index (χ3v) is 2.37. The molecule has 0 aliphatic heterocycles. The Hall–Kier alpha value is -0.910. The lowest BCUT2D eigenvalue weighted by atomic mass is 9.95. The maximum Gasteiger partial charge on any atom is 0.131 e. The highest BCUT2D eigenvalue weighted by molar-refractivity contribution is 5.10. The highest BCUT2D eigenvalue weighted by Gasteiger charge is 2.31. The van der Waals surface area contributed by atoms with Crippen molar-refractivity contribution in [1.29, 1.82) is 0 Å². The number of nitrogens with two attached hydrogens (primary N) is 1. The zero-order chi connectivity index (χ0) is 11.3. The Labute approximate surface area is 89.8 Å². The third-order valence-electron chi connectivity index (χ3n) is 2.37. The smallest absolute Gasteiger partial charge is 0.131 e. The van der Waals surface area contributed by atoms with Crippen LogP contribution in [0.4, 0.5) is 0 Å². The topological polar surface area (TPSA) is 73.3 Å². The molecule has 15 heavy (non-hydrogen) atoms. The van der Waals surface area contributed by atoms with Crippen LogP contribution < -0.4 is 5.73 Å². The number of hydrogen-bond acceptors (Lipinski definition) is 4. The van der Waals surface area contributed by atoms with Gasteiger partial charge in [-0.3, -0.25) is 4.68 Å². The summed E-state index contributed by atoms with van der Waals surface area (Å²) in [6.07, 6.45) is 3.11. The van der Waals surface area contributed by atoms with Crippen molar-refractivity contribution in [2.24, 2.45) is 12.8 Å². The van der Waals surface area contributed by atoms with Crippen molar-refractivity contribution in [3.63, 3.8) is 0 Å². The van der Waals surface area contributed by atoms with E-state index in [0.717, 1.165) is 6.42 Å². The Morgan fingerprint density at radius 1 is 1.67 bits per heavy atom. The summed E-state index contributed by atoms with van der Waals surface area (Å²) >= 11 is 0. The van der Waals surface area contributed by atoms with Crippen LogP contribution in [0.15, 0.2) is 12.3 Å². The minimum absolute atomic E-state index is 0.240. The molecule has 0 aliphatic carbocycles. The van der Waals surface area contributed by atoms with E-state index in [1.165, 1.54) is 0 Å². The predicted octanol–water partition coefficient (Wildman–Crippen LogP) is -0.00700. The quantitative estimate of drug-likeness (QED) is 0.697. The molecule has 1 atom stereocenters. The Bertz CT molecular complexity index is 301. The molecule has 1 heterocycles. The molecule has 0 amide bonds. The molecular weight excluding hydrogens is 194 g/mol. The van der Waals surface area contributed by atoms with Gasteiger partial charge in [0.1, 0.15) is 5.60 Å². The van der Waals surface area contributed by atoms with E-state index in [4.69, 9.17) is 10.5 Å². The summed E-state index contributed by atoms with van der Waals surface area (Å²) < 4.78 is 6.69. The van der Waals surface area contributed by atoms with Crippen molar-refractivity contribution < 1.29 is 9.84 Å². The average Bonchev–Trinajstić information content (AvgIpc) is 2.63. The molecule has 0 aliphatic rings. The molecule has 5 heteroatoms. The summed E-state index contributed by atoms with van der Waals surface area (Å²) in [5.74, 6) is 0. The molecule has 0 bridgehead atoms. The monoisotopic (exact) mass is 213 g/mol. The van der Waals surface area contributed by atoms with Crippen LogP contribution in [0, 0.1) is 0 Å².